The first-order chi connectivity index (χ1) is 8.56. The third-order valence-electron chi connectivity index (χ3n) is 2.83. The lowest BCUT2D eigenvalue weighted by atomic mass is 10.1. The maximum absolute atomic E-state index is 6.15. The normalized spacial score (nSPS) is 12.7. The first-order valence-electron chi connectivity index (χ1n) is 5.72. The smallest absolute Gasteiger partial charge is 0.0537 e. The maximum atomic E-state index is 6.15. The average Bonchev–Trinajstić information content (AvgIpc) is 2.77. The standard InChI is InChI=1S/C13H15BrClN3/c1-9(11-7-17-18(2)8-11)16-6-10-5-12(14)3-4-13(10)15/h3-5,7-9,16H,6H2,1-2H3. The summed E-state index contributed by atoms with van der Waals surface area (Å²) >= 11 is 9.60. The van der Waals surface area contributed by atoms with Crippen LogP contribution >= 0.6 is 27.5 Å². The zero-order valence-corrected chi connectivity index (χ0v) is 12.7. The van der Waals surface area contributed by atoms with E-state index in [1.807, 2.05) is 37.6 Å². The van der Waals surface area contributed by atoms with E-state index in [1.54, 1.807) is 4.68 Å². The number of hydrogen-bond donors (Lipinski definition) is 1. The van der Waals surface area contributed by atoms with Crippen LogP contribution < -0.4 is 5.32 Å². The minimum atomic E-state index is 0.244. The number of hydrogen-bond acceptors (Lipinski definition) is 2. The van der Waals surface area contributed by atoms with Crippen LogP contribution in [0.1, 0.15) is 24.1 Å². The molecule has 0 fully saturated rings. The van der Waals surface area contributed by atoms with Gasteiger partial charge in [0, 0.05) is 40.9 Å². The summed E-state index contributed by atoms with van der Waals surface area (Å²) < 4.78 is 2.84. The predicted octanol–water partition coefficient (Wildman–Crippen LogP) is 3.69. The Bertz CT molecular complexity index is 539. The second-order valence-corrected chi connectivity index (χ2v) is 5.61. The zero-order valence-electron chi connectivity index (χ0n) is 10.3. The monoisotopic (exact) mass is 327 g/mol. The SMILES string of the molecule is CC(NCc1cc(Br)ccc1Cl)c1cnn(C)c1. The lowest BCUT2D eigenvalue weighted by molar-refractivity contribution is 0.574. The summed E-state index contributed by atoms with van der Waals surface area (Å²) in [5, 5.41) is 8.39. The van der Waals surface area contributed by atoms with E-state index in [1.165, 1.54) is 5.56 Å². The fourth-order valence-corrected chi connectivity index (χ4v) is 2.32. The predicted molar refractivity (Wildman–Crippen MR) is 77.6 cm³/mol. The van der Waals surface area contributed by atoms with E-state index in [2.05, 4.69) is 33.3 Å². The van der Waals surface area contributed by atoms with Crippen molar-refractivity contribution in [2.75, 3.05) is 0 Å². The molecule has 2 rings (SSSR count). The topological polar surface area (TPSA) is 29.9 Å². The molecule has 1 N–H and O–H groups in total. The van der Waals surface area contributed by atoms with Gasteiger partial charge in [0.25, 0.3) is 0 Å². The zero-order chi connectivity index (χ0) is 13.1. The number of halogens is 2. The molecule has 2 aromatic rings. The molecule has 1 aromatic carbocycles. The van der Waals surface area contributed by atoms with E-state index in [-0.39, 0.29) is 6.04 Å². The Hall–Kier alpha value is -0.840. The van der Waals surface area contributed by atoms with E-state index >= 15 is 0 Å². The van der Waals surface area contributed by atoms with E-state index in [0.29, 0.717) is 0 Å². The molecule has 0 radical (unpaired) electrons. The number of nitrogens with zero attached hydrogens (tertiary/aromatic N) is 2. The maximum Gasteiger partial charge on any atom is 0.0537 e. The number of benzene rings is 1. The summed E-state index contributed by atoms with van der Waals surface area (Å²) in [6.07, 6.45) is 3.89. The summed E-state index contributed by atoms with van der Waals surface area (Å²) in [5.41, 5.74) is 2.26. The van der Waals surface area contributed by atoms with Gasteiger partial charge in [0.2, 0.25) is 0 Å². The molecule has 0 bridgehead atoms. The molecule has 5 heteroatoms. The highest BCUT2D eigenvalue weighted by molar-refractivity contribution is 9.10. The molecule has 18 heavy (non-hydrogen) atoms. The van der Waals surface area contributed by atoms with Gasteiger partial charge in [-0.2, -0.15) is 5.10 Å². The highest BCUT2D eigenvalue weighted by Crippen LogP contribution is 2.21. The molecule has 0 amide bonds. The largest absolute Gasteiger partial charge is 0.306 e. The average molecular weight is 329 g/mol. The number of aryl methyl sites for hydroxylation is 1. The Morgan fingerprint density at radius 3 is 2.94 bits per heavy atom. The third kappa shape index (κ3) is 3.34. The Balaban J connectivity index is 2.01. The van der Waals surface area contributed by atoms with E-state index in [4.69, 9.17) is 11.6 Å². The molecule has 3 nitrogen and oxygen atoms in total. The van der Waals surface area contributed by atoms with E-state index < -0.39 is 0 Å². The summed E-state index contributed by atoms with van der Waals surface area (Å²) in [6.45, 7) is 2.84. The molecular weight excluding hydrogens is 314 g/mol. The Morgan fingerprint density at radius 1 is 1.50 bits per heavy atom. The number of aromatic nitrogens is 2. The molecule has 0 spiro atoms. The fourth-order valence-electron chi connectivity index (χ4n) is 1.72. The Labute approximate surface area is 120 Å². The van der Waals surface area contributed by atoms with Crippen LogP contribution in [0.4, 0.5) is 0 Å². The van der Waals surface area contributed by atoms with Crippen molar-refractivity contribution in [2.24, 2.45) is 7.05 Å². The van der Waals surface area contributed by atoms with Gasteiger partial charge in [0.1, 0.15) is 0 Å². The number of nitrogens with one attached hydrogen (secondary N) is 1. The molecule has 0 saturated carbocycles. The molecule has 1 atom stereocenters. The van der Waals surface area contributed by atoms with Crippen LogP contribution in [0.3, 0.4) is 0 Å². The number of rotatable bonds is 4. The van der Waals surface area contributed by atoms with Crippen molar-refractivity contribution < 1.29 is 0 Å². The van der Waals surface area contributed by atoms with Crippen LogP contribution in [-0.4, -0.2) is 9.78 Å². The fraction of sp³-hybridized carbons (Fsp3) is 0.308. The molecular formula is C13H15BrClN3. The Morgan fingerprint density at radius 2 is 2.28 bits per heavy atom. The quantitative estimate of drug-likeness (QED) is 0.927. The van der Waals surface area contributed by atoms with Crippen LogP contribution in [0.2, 0.25) is 5.02 Å². The summed E-state index contributed by atoms with van der Waals surface area (Å²) in [6, 6.07) is 6.12. The van der Waals surface area contributed by atoms with E-state index in [9.17, 15) is 0 Å². The van der Waals surface area contributed by atoms with Crippen LogP contribution in [0, 0.1) is 0 Å². The minimum absolute atomic E-state index is 0.244. The molecule has 96 valence electrons. The Kier molecular flexibility index (Phi) is 4.43. The molecule has 1 unspecified atom stereocenters. The van der Waals surface area contributed by atoms with Crippen LogP contribution in [0.25, 0.3) is 0 Å². The molecule has 0 aliphatic heterocycles. The van der Waals surface area contributed by atoms with Gasteiger partial charge in [0.05, 0.1) is 6.20 Å². The van der Waals surface area contributed by atoms with Crippen molar-refractivity contribution in [3.63, 3.8) is 0 Å². The van der Waals surface area contributed by atoms with Crippen LogP contribution in [0.15, 0.2) is 35.1 Å². The van der Waals surface area contributed by atoms with Crippen molar-refractivity contribution in [1.29, 1.82) is 0 Å². The van der Waals surface area contributed by atoms with E-state index in [0.717, 1.165) is 21.6 Å². The van der Waals surface area contributed by atoms with Gasteiger partial charge in [-0.15, -0.1) is 0 Å². The highest BCUT2D eigenvalue weighted by atomic mass is 79.9. The second kappa shape index (κ2) is 5.87. The van der Waals surface area contributed by atoms with Gasteiger partial charge in [-0.1, -0.05) is 27.5 Å². The molecule has 0 aliphatic rings. The second-order valence-electron chi connectivity index (χ2n) is 4.29. The first-order valence-corrected chi connectivity index (χ1v) is 6.89. The summed E-state index contributed by atoms with van der Waals surface area (Å²) in [4.78, 5) is 0. The van der Waals surface area contributed by atoms with Crippen LogP contribution in [-0.2, 0) is 13.6 Å². The molecule has 1 heterocycles. The molecule has 1 aromatic heterocycles. The first kappa shape index (κ1) is 13.6. The van der Waals surface area contributed by atoms with Crippen molar-refractivity contribution >= 4 is 27.5 Å². The van der Waals surface area contributed by atoms with Gasteiger partial charge in [-0.3, -0.25) is 4.68 Å². The molecule has 0 aliphatic carbocycles. The van der Waals surface area contributed by atoms with Crippen molar-refractivity contribution in [3.05, 3.63) is 51.2 Å². The van der Waals surface area contributed by atoms with Gasteiger partial charge in [0.15, 0.2) is 0 Å². The van der Waals surface area contributed by atoms with Gasteiger partial charge >= 0.3 is 0 Å². The van der Waals surface area contributed by atoms with Gasteiger partial charge in [-0.25, -0.2) is 0 Å². The molecule has 0 saturated heterocycles. The van der Waals surface area contributed by atoms with Crippen molar-refractivity contribution in [1.82, 2.24) is 15.1 Å². The summed E-state index contributed by atoms with van der Waals surface area (Å²) in [5.74, 6) is 0. The highest BCUT2D eigenvalue weighted by Gasteiger charge is 2.08. The summed E-state index contributed by atoms with van der Waals surface area (Å²) in [7, 11) is 1.92. The van der Waals surface area contributed by atoms with Crippen molar-refractivity contribution in [3.8, 4) is 0 Å². The lowest BCUT2D eigenvalue weighted by Crippen LogP contribution is -2.17. The minimum Gasteiger partial charge on any atom is -0.306 e. The lowest BCUT2D eigenvalue weighted by Gasteiger charge is -2.13. The third-order valence-corrected chi connectivity index (χ3v) is 3.69. The van der Waals surface area contributed by atoms with Gasteiger partial charge < -0.3 is 5.32 Å². The van der Waals surface area contributed by atoms with Crippen molar-refractivity contribution in [2.45, 2.75) is 19.5 Å². The van der Waals surface area contributed by atoms with Gasteiger partial charge in [-0.05, 0) is 30.7 Å². The van der Waals surface area contributed by atoms with Crippen LogP contribution in [0.5, 0.6) is 0 Å².